The number of rotatable bonds is 8. The van der Waals surface area contributed by atoms with Crippen LogP contribution in [0.3, 0.4) is 0 Å². The summed E-state index contributed by atoms with van der Waals surface area (Å²) in [5, 5.41) is 2.98. The number of carbonyl (C=O) groups is 2. The van der Waals surface area contributed by atoms with E-state index in [-0.39, 0.29) is 42.6 Å². The maximum absolute atomic E-state index is 14.3. The third-order valence-corrected chi connectivity index (χ3v) is 5.33. The third-order valence-electron chi connectivity index (χ3n) is 5.33. The van der Waals surface area contributed by atoms with Crippen LogP contribution in [0, 0.1) is 11.6 Å². The molecular formula is C28H30F2N2O2. The first-order chi connectivity index (χ1) is 16.1. The zero-order valence-corrected chi connectivity index (χ0v) is 19.7. The molecule has 0 aliphatic rings. The number of halogens is 2. The van der Waals surface area contributed by atoms with E-state index in [1.807, 2.05) is 51.1 Å². The summed E-state index contributed by atoms with van der Waals surface area (Å²) in [5.74, 6) is -1.56. The van der Waals surface area contributed by atoms with Gasteiger partial charge in [-0.1, -0.05) is 60.7 Å². The molecule has 6 heteroatoms. The molecular weight excluding hydrogens is 434 g/mol. The quantitative estimate of drug-likeness (QED) is 0.507. The molecule has 0 fully saturated rings. The minimum absolute atomic E-state index is 0.0859. The standard InChI is InChI=1S/C28H30F2N2O2/c1-28(2,3)31-27(34)25(17-20-9-5-4-6-10-20)32(19-21-13-15-23(29)16-14-21)26(33)18-22-11-7-8-12-24(22)30/h4-16,25H,17-19H2,1-3H3,(H,31,34)/t25-/m0/s1. The Hall–Kier alpha value is -3.54. The Morgan fingerprint density at radius 3 is 2.09 bits per heavy atom. The molecule has 3 aromatic carbocycles. The third kappa shape index (κ3) is 7.24. The molecule has 0 radical (unpaired) electrons. The molecule has 0 bridgehead atoms. The Labute approximate surface area is 199 Å². The lowest BCUT2D eigenvalue weighted by Gasteiger charge is -2.34. The van der Waals surface area contributed by atoms with Crippen molar-refractivity contribution in [1.82, 2.24) is 10.2 Å². The van der Waals surface area contributed by atoms with E-state index < -0.39 is 17.4 Å². The number of nitrogens with one attached hydrogen (secondary N) is 1. The zero-order chi connectivity index (χ0) is 24.7. The maximum atomic E-state index is 14.3. The number of amides is 2. The molecule has 34 heavy (non-hydrogen) atoms. The fourth-order valence-electron chi connectivity index (χ4n) is 3.70. The van der Waals surface area contributed by atoms with Gasteiger partial charge in [0.15, 0.2) is 0 Å². The van der Waals surface area contributed by atoms with Gasteiger partial charge in [0.2, 0.25) is 11.8 Å². The van der Waals surface area contributed by atoms with Gasteiger partial charge in [-0.05, 0) is 55.7 Å². The summed E-state index contributed by atoms with van der Waals surface area (Å²) in [6, 6.07) is 20.5. The van der Waals surface area contributed by atoms with E-state index >= 15 is 0 Å². The van der Waals surface area contributed by atoms with Gasteiger partial charge >= 0.3 is 0 Å². The van der Waals surface area contributed by atoms with Crippen molar-refractivity contribution in [2.75, 3.05) is 0 Å². The van der Waals surface area contributed by atoms with E-state index in [4.69, 9.17) is 0 Å². The van der Waals surface area contributed by atoms with Crippen molar-refractivity contribution in [3.8, 4) is 0 Å². The van der Waals surface area contributed by atoms with Crippen molar-refractivity contribution in [3.63, 3.8) is 0 Å². The van der Waals surface area contributed by atoms with Crippen LogP contribution in [0.25, 0.3) is 0 Å². The minimum Gasteiger partial charge on any atom is -0.350 e. The first-order valence-electron chi connectivity index (χ1n) is 11.3. The summed E-state index contributed by atoms with van der Waals surface area (Å²) >= 11 is 0. The van der Waals surface area contributed by atoms with Gasteiger partial charge in [-0.15, -0.1) is 0 Å². The topological polar surface area (TPSA) is 49.4 Å². The summed E-state index contributed by atoms with van der Waals surface area (Å²) in [4.78, 5) is 28.4. The molecule has 0 heterocycles. The van der Waals surface area contributed by atoms with Crippen LogP contribution >= 0.6 is 0 Å². The van der Waals surface area contributed by atoms with Crippen LogP contribution in [-0.4, -0.2) is 28.3 Å². The number of carbonyl (C=O) groups excluding carboxylic acids is 2. The lowest BCUT2D eigenvalue weighted by atomic mass is 9.99. The Kier molecular flexibility index (Phi) is 8.16. The highest BCUT2D eigenvalue weighted by molar-refractivity contribution is 5.89. The molecule has 0 unspecified atom stereocenters. The predicted octanol–water partition coefficient (Wildman–Crippen LogP) is 5.06. The Bertz CT molecular complexity index is 1110. The molecule has 1 N–H and O–H groups in total. The molecule has 1 atom stereocenters. The van der Waals surface area contributed by atoms with Gasteiger partial charge in [0.05, 0.1) is 6.42 Å². The van der Waals surface area contributed by atoms with Gasteiger partial charge in [-0.3, -0.25) is 9.59 Å². The van der Waals surface area contributed by atoms with E-state index in [2.05, 4.69) is 5.32 Å². The first-order valence-corrected chi connectivity index (χ1v) is 11.3. The second kappa shape index (κ2) is 11.1. The van der Waals surface area contributed by atoms with Crippen molar-refractivity contribution in [1.29, 1.82) is 0 Å². The number of hydrogen-bond donors (Lipinski definition) is 1. The van der Waals surface area contributed by atoms with Gasteiger partial charge in [-0.25, -0.2) is 8.78 Å². The van der Waals surface area contributed by atoms with E-state index in [1.165, 1.54) is 23.1 Å². The van der Waals surface area contributed by atoms with Gasteiger partial charge in [0.25, 0.3) is 0 Å². The molecule has 0 aliphatic heterocycles. The molecule has 2 amide bonds. The second-order valence-electron chi connectivity index (χ2n) is 9.36. The van der Waals surface area contributed by atoms with Crippen LogP contribution < -0.4 is 5.32 Å². The number of benzene rings is 3. The van der Waals surface area contributed by atoms with Crippen molar-refractivity contribution in [2.45, 2.75) is 51.7 Å². The van der Waals surface area contributed by atoms with Crippen molar-refractivity contribution in [3.05, 3.63) is 107 Å². The highest BCUT2D eigenvalue weighted by Gasteiger charge is 2.32. The first kappa shape index (κ1) is 25.1. The smallest absolute Gasteiger partial charge is 0.243 e. The molecule has 3 aromatic rings. The molecule has 0 aliphatic carbocycles. The number of nitrogens with zero attached hydrogens (tertiary/aromatic N) is 1. The SMILES string of the molecule is CC(C)(C)NC(=O)[C@H](Cc1ccccc1)N(Cc1ccc(F)cc1)C(=O)Cc1ccccc1F. The van der Waals surface area contributed by atoms with Crippen LogP contribution in [-0.2, 0) is 29.0 Å². The van der Waals surface area contributed by atoms with Gasteiger partial charge in [0.1, 0.15) is 17.7 Å². The van der Waals surface area contributed by atoms with Gasteiger partial charge in [0, 0.05) is 18.5 Å². The van der Waals surface area contributed by atoms with E-state index in [0.29, 0.717) is 5.56 Å². The Morgan fingerprint density at radius 2 is 1.47 bits per heavy atom. The van der Waals surface area contributed by atoms with E-state index in [9.17, 15) is 18.4 Å². The lowest BCUT2D eigenvalue weighted by molar-refractivity contribution is -0.141. The number of hydrogen-bond acceptors (Lipinski definition) is 2. The van der Waals surface area contributed by atoms with Gasteiger partial charge < -0.3 is 10.2 Å². The van der Waals surface area contributed by atoms with Gasteiger partial charge in [-0.2, -0.15) is 0 Å². The largest absolute Gasteiger partial charge is 0.350 e. The van der Waals surface area contributed by atoms with Crippen LogP contribution in [0.2, 0.25) is 0 Å². The predicted molar refractivity (Wildman–Crippen MR) is 129 cm³/mol. The average Bonchev–Trinajstić information content (AvgIpc) is 2.78. The molecule has 0 aromatic heterocycles. The maximum Gasteiger partial charge on any atom is 0.243 e. The van der Waals surface area contributed by atoms with Crippen molar-refractivity contribution >= 4 is 11.8 Å². The molecule has 178 valence electrons. The summed E-state index contributed by atoms with van der Waals surface area (Å²) in [6.45, 7) is 5.70. The molecule has 0 spiro atoms. The summed E-state index contributed by atoms with van der Waals surface area (Å²) in [5.41, 5.74) is 1.30. The van der Waals surface area contributed by atoms with Crippen LogP contribution in [0.1, 0.15) is 37.5 Å². The summed E-state index contributed by atoms with van der Waals surface area (Å²) < 4.78 is 27.8. The van der Waals surface area contributed by atoms with Crippen LogP contribution in [0.4, 0.5) is 8.78 Å². The highest BCUT2D eigenvalue weighted by Crippen LogP contribution is 2.18. The average molecular weight is 465 g/mol. The monoisotopic (exact) mass is 464 g/mol. The summed E-state index contributed by atoms with van der Waals surface area (Å²) in [7, 11) is 0. The van der Waals surface area contributed by atoms with Crippen molar-refractivity contribution in [2.24, 2.45) is 0 Å². The van der Waals surface area contributed by atoms with E-state index in [1.54, 1.807) is 30.3 Å². The normalized spacial score (nSPS) is 12.1. The van der Waals surface area contributed by atoms with E-state index in [0.717, 1.165) is 5.56 Å². The molecule has 0 saturated heterocycles. The molecule has 3 rings (SSSR count). The Morgan fingerprint density at radius 1 is 0.853 bits per heavy atom. The van der Waals surface area contributed by atoms with Crippen LogP contribution in [0.5, 0.6) is 0 Å². The summed E-state index contributed by atoms with van der Waals surface area (Å²) in [6.07, 6.45) is 0.0922. The second-order valence-corrected chi connectivity index (χ2v) is 9.36. The molecule has 0 saturated carbocycles. The molecule has 4 nitrogen and oxygen atoms in total. The van der Waals surface area contributed by atoms with Crippen LogP contribution in [0.15, 0.2) is 78.9 Å². The highest BCUT2D eigenvalue weighted by atomic mass is 19.1. The zero-order valence-electron chi connectivity index (χ0n) is 19.7. The fraction of sp³-hybridized carbons (Fsp3) is 0.286. The lowest BCUT2D eigenvalue weighted by Crippen LogP contribution is -2.54. The Balaban J connectivity index is 1.99. The van der Waals surface area contributed by atoms with Crippen molar-refractivity contribution < 1.29 is 18.4 Å². The minimum atomic E-state index is -0.842. The fourth-order valence-corrected chi connectivity index (χ4v) is 3.70.